The van der Waals surface area contributed by atoms with E-state index in [1.54, 1.807) is 6.33 Å². The highest BCUT2D eigenvalue weighted by Gasteiger charge is 2.20. The van der Waals surface area contributed by atoms with Gasteiger partial charge in [0.05, 0.1) is 12.6 Å². The minimum atomic E-state index is 0. The van der Waals surface area contributed by atoms with Crippen LogP contribution in [0.5, 0.6) is 0 Å². The van der Waals surface area contributed by atoms with Gasteiger partial charge >= 0.3 is 0 Å². The summed E-state index contributed by atoms with van der Waals surface area (Å²) in [6.45, 7) is 7.23. The molecule has 2 aliphatic heterocycles. The second-order valence-electron chi connectivity index (χ2n) is 7.46. The highest BCUT2D eigenvalue weighted by Crippen LogP contribution is 2.19. The van der Waals surface area contributed by atoms with Gasteiger partial charge in [-0.25, -0.2) is 0 Å². The molecule has 1 atom stereocenters. The van der Waals surface area contributed by atoms with E-state index in [2.05, 4.69) is 56.2 Å². The SMILES string of the molecule is CCc1nncn1CCNC(=NCC1CCCO1)N1CCc2ccccc2C1.I. The van der Waals surface area contributed by atoms with Crippen LogP contribution in [0, 0.1) is 0 Å². The lowest BCUT2D eigenvalue weighted by atomic mass is 10.0. The highest BCUT2D eigenvalue weighted by molar-refractivity contribution is 14.0. The first kappa shape index (κ1) is 22.0. The lowest BCUT2D eigenvalue weighted by molar-refractivity contribution is 0.117. The van der Waals surface area contributed by atoms with Crippen molar-refractivity contribution in [1.29, 1.82) is 0 Å². The molecule has 1 fully saturated rings. The van der Waals surface area contributed by atoms with Crippen molar-refractivity contribution in [3.05, 3.63) is 47.5 Å². The summed E-state index contributed by atoms with van der Waals surface area (Å²) in [7, 11) is 0. The van der Waals surface area contributed by atoms with Crippen LogP contribution in [0.25, 0.3) is 0 Å². The van der Waals surface area contributed by atoms with E-state index in [4.69, 9.17) is 9.73 Å². The number of guanidine groups is 1. The molecule has 4 rings (SSSR count). The largest absolute Gasteiger partial charge is 0.376 e. The summed E-state index contributed by atoms with van der Waals surface area (Å²) >= 11 is 0. The summed E-state index contributed by atoms with van der Waals surface area (Å²) in [4.78, 5) is 7.29. The van der Waals surface area contributed by atoms with E-state index in [1.165, 1.54) is 11.1 Å². The number of benzene rings is 1. The average Bonchev–Trinajstić information content (AvgIpc) is 3.42. The maximum Gasteiger partial charge on any atom is 0.194 e. The molecule has 158 valence electrons. The van der Waals surface area contributed by atoms with E-state index >= 15 is 0 Å². The van der Waals surface area contributed by atoms with Crippen LogP contribution in [0.1, 0.15) is 36.7 Å². The maximum absolute atomic E-state index is 5.77. The summed E-state index contributed by atoms with van der Waals surface area (Å²) in [6.07, 6.45) is 6.28. The van der Waals surface area contributed by atoms with Gasteiger partial charge in [0.2, 0.25) is 0 Å². The molecule has 29 heavy (non-hydrogen) atoms. The molecule has 1 N–H and O–H groups in total. The van der Waals surface area contributed by atoms with E-state index in [9.17, 15) is 0 Å². The van der Waals surface area contributed by atoms with Gasteiger partial charge in [0.25, 0.3) is 0 Å². The van der Waals surface area contributed by atoms with Gasteiger partial charge in [0, 0.05) is 39.2 Å². The first-order valence-corrected chi connectivity index (χ1v) is 10.4. The summed E-state index contributed by atoms with van der Waals surface area (Å²) < 4.78 is 7.87. The molecule has 2 aliphatic rings. The number of hydrogen-bond acceptors (Lipinski definition) is 4. The molecule has 0 amide bonds. The summed E-state index contributed by atoms with van der Waals surface area (Å²) in [6, 6.07) is 8.71. The predicted octanol–water partition coefficient (Wildman–Crippen LogP) is 2.64. The number of nitrogens with zero attached hydrogens (tertiary/aromatic N) is 5. The van der Waals surface area contributed by atoms with E-state index in [0.717, 1.165) is 76.8 Å². The van der Waals surface area contributed by atoms with Gasteiger partial charge in [0.15, 0.2) is 5.96 Å². The summed E-state index contributed by atoms with van der Waals surface area (Å²) in [5, 5.41) is 11.8. The zero-order valence-corrected chi connectivity index (χ0v) is 19.4. The first-order chi connectivity index (χ1) is 13.8. The van der Waals surface area contributed by atoms with Crippen molar-refractivity contribution in [3.63, 3.8) is 0 Å². The first-order valence-electron chi connectivity index (χ1n) is 10.4. The van der Waals surface area contributed by atoms with Crippen LogP contribution in [-0.2, 0) is 30.7 Å². The Hall–Kier alpha value is -1.68. The number of aliphatic imine (C=N–C) groups is 1. The van der Waals surface area contributed by atoms with Crippen LogP contribution in [0.3, 0.4) is 0 Å². The molecule has 0 bridgehead atoms. The Balaban J connectivity index is 0.00000240. The monoisotopic (exact) mass is 510 g/mol. The molecule has 0 saturated carbocycles. The molecule has 3 heterocycles. The van der Waals surface area contributed by atoms with Gasteiger partial charge in [-0.15, -0.1) is 34.2 Å². The molecular weight excluding hydrogens is 479 g/mol. The van der Waals surface area contributed by atoms with Crippen LogP contribution in [0.2, 0.25) is 0 Å². The minimum Gasteiger partial charge on any atom is -0.376 e. The molecule has 1 aromatic carbocycles. The fraction of sp³-hybridized carbons (Fsp3) is 0.571. The Morgan fingerprint density at radius 1 is 1.31 bits per heavy atom. The third-order valence-electron chi connectivity index (χ3n) is 5.55. The fourth-order valence-corrected chi connectivity index (χ4v) is 3.95. The molecule has 1 aromatic heterocycles. The highest BCUT2D eigenvalue weighted by atomic mass is 127. The fourth-order valence-electron chi connectivity index (χ4n) is 3.95. The summed E-state index contributed by atoms with van der Waals surface area (Å²) in [5.74, 6) is 2.00. The molecule has 1 saturated heterocycles. The van der Waals surface area contributed by atoms with Crippen LogP contribution in [0.4, 0.5) is 0 Å². The average molecular weight is 510 g/mol. The van der Waals surface area contributed by atoms with Gasteiger partial charge in [-0.1, -0.05) is 31.2 Å². The summed E-state index contributed by atoms with van der Waals surface area (Å²) in [5.41, 5.74) is 2.85. The minimum absolute atomic E-state index is 0. The molecule has 1 unspecified atom stereocenters. The molecule has 7 nitrogen and oxygen atoms in total. The quantitative estimate of drug-likeness (QED) is 0.368. The van der Waals surface area contributed by atoms with Crippen LogP contribution in [-0.4, -0.2) is 58.0 Å². The van der Waals surface area contributed by atoms with E-state index in [0.29, 0.717) is 0 Å². The van der Waals surface area contributed by atoms with Crippen molar-refractivity contribution in [2.75, 3.05) is 26.2 Å². The number of aryl methyl sites for hydroxylation is 1. The molecule has 0 aliphatic carbocycles. The molecule has 8 heteroatoms. The molecule has 0 spiro atoms. The lowest BCUT2D eigenvalue weighted by Gasteiger charge is -2.32. The lowest BCUT2D eigenvalue weighted by Crippen LogP contribution is -2.45. The Morgan fingerprint density at radius 3 is 2.97 bits per heavy atom. The zero-order chi connectivity index (χ0) is 19.2. The predicted molar refractivity (Wildman–Crippen MR) is 125 cm³/mol. The van der Waals surface area contributed by atoms with Crippen molar-refractivity contribution in [2.45, 2.75) is 51.8 Å². The van der Waals surface area contributed by atoms with Crippen LogP contribution >= 0.6 is 24.0 Å². The van der Waals surface area contributed by atoms with Crippen molar-refractivity contribution in [3.8, 4) is 0 Å². The number of ether oxygens (including phenoxy) is 1. The number of halogens is 1. The van der Waals surface area contributed by atoms with Crippen LogP contribution < -0.4 is 5.32 Å². The second kappa shape index (κ2) is 10.9. The Morgan fingerprint density at radius 2 is 2.17 bits per heavy atom. The third kappa shape index (κ3) is 5.69. The van der Waals surface area contributed by atoms with Gasteiger partial charge in [-0.05, 0) is 30.4 Å². The number of fused-ring (bicyclic) bond motifs is 1. The Kier molecular flexibility index (Phi) is 8.29. The zero-order valence-electron chi connectivity index (χ0n) is 17.1. The molecule has 0 radical (unpaired) electrons. The third-order valence-corrected chi connectivity index (χ3v) is 5.55. The number of hydrogen-bond donors (Lipinski definition) is 1. The Bertz CT molecular complexity index is 802. The number of nitrogens with one attached hydrogen (secondary N) is 1. The standard InChI is InChI=1S/C21H30N6O.HI/c1-2-20-25-24-16-27(20)12-10-22-21(23-14-19-8-5-13-28-19)26-11-9-17-6-3-4-7-18(17)15-26;/h3-4,6-7,16,19H,2,5,8-15H2,1H3,(H,22,23);1H. The second-order valence-corrected chi connectivity index (χ2v) is 7.46. The molecular formula is C21H31IN6O. The van der Waals surface area contributed by atoms with Crippen molar-refractivity contribution in [2.24, 2.45) is 4.99 Å². The van der Waals surface area contributed by atoms with E-state index in [-0.39, 0.29) is 30.1 Å². The van der Waals surface area contributed by atoms with Gasteiger partial charge in [-0.2, -0.15) is 0 Å². The Labute approximate surface area is 190 Å². The van der Waals surface area contributed by atoms with Crippen molar-refractivity contribution in [1.82, 2.24) is 25.0 Å². The van der Waals surface area contributed by atoms with E-state index < -0.39 is 0 Å². The van der Waals surface area contributed by atoms with Gasteiger partial charge in [0.1, 0.15) is 12.2 Å². The van der Waals surface area contributed by atoms with E-state index in [1.807, 2.05) is 0 Å². The van der Waals surface area contributed by atoms with Crippen molar-refractivity contribution >= 4 is 29.9 Å². The maximum atomic E-state index is 5.77. The van der Waals surface area contributed by atoms with Gasteiger partial charge in [-0.3, -0.25) is 4.99 Å². The number of aromatic nitrogens is 3. The van der Waals surface area contributed by atoms with Crippen molar-refractivity contribution < 1.29 is 4.74 Å². The molecule has 2 aromatic rings. The van der Waals surface area contributed by atoms with Crippen LogP contribution in [0.15, 0.2) is 35.6 Å². The normalized spacial score (nSPS) is 19.0. The number of rotatable bonds is 6. The van der Waals surface area contributed by atoms with Gasteiger partial charge < -0.3 is 19.5 Å². The topological polar surface area (TPSA) is 67.6 Å². The smallest absolute Gasteiger partial charge is 0.194 e.